The molecule has 3 aliphatic rings. The average molecular weight is 438 g/mol. The Kier molecular flexibility index (Phi) is 5.93. The summed E-state index contributed by atoms with van der Waals surface area (Å²) in [5.74, 6) is 0.827. The summed E-state index contributed by atoms with van der Waals surface area (Å²) < 4.78 is 1.78. The van der Waals surface area contributed by atoms with Crippen LogP contribution in [0.3, 0.4) is 0 Å². The molecule has 2 aromatic rings. The number of hydrogen-bond donors (Lipinski definition) is 2. The Bertz CT molecular complexity index is 968. The van der Waals surface area contributed by atoms with Crippen LogP contribution in [0.25, 0.3) is 0 Å². The third-order valence-corrected chi connectivity index (χ3v) is 7.17. The van der Waals surface area contributed by atoms with E-state index in [1.807, 2.05) is 35.2 Å². The minimum Gasteiger partial charge on any atom is -0.339 e. The Morgan fingerprint density at radius 1 is 1.06 bits per heavy atom. The molecule has 3 heterocycles. The van der Waals surface area contributed by atoms with Gasteiger partial charge in [0.1, 0.15) is 0 Å². The van der Waals surface area contributed by atoms with Crippen LogP contribution in [0.5, 0.6) is 0 Å². The van der Waals surface area contributed by atoms with Crippen molar-refractivity contribution in [2.24, 2.45) is 5.92 Å². The summed E-state index contributed by atoms with van der Waals surface area (Å²) in [7, 11) is 0. The van der Waals surface area contributed by atoms with Crippen molar-refractivity contribution >= 4 is 11.8 Å². The molecule has 1 aromatic carbocycles. The monoisotopic (exact) mass is 437 g/mol. The minimum absolute atomic E-state index is 0.0195. The highest BCUT2D eigenvalue weighted by atomic mass is 16.2. The minimum atomic E-state index is -0.0195. The molecule has 5 rings (SSSR count). The standard InChI is InChI=1S/C23H31N7O2/c1-16(31)28-9-11-29(12-10-28)23(32)22-21(18-7-8-20-19(13-18)14-24-25-20)26-27-30(22)15-17-5-3-2-4-6-17/h2-6,18-20,24-25H,7-15H2,1H3. The predicted molar refractivity (Wildman–Crippen MR) is 119 cm³/mol. The Morgan fingerprint density at radius 2 is 1.81 bits per heavy atom. The van der Waals surface area contributed by atoms with E-state index in [0.717, 1.165) is 37.1 Å². The molecule has 170 valence electrons. The maximum Gasteiger partial charge on any atom is 0.274 e. The Morgan fingerprint density at radius 3 is 2.56 bits per heavy atom. The highest BCUT2D eigenvalue weighted by molar-refractivity contribution is 5.94. The molecule has 1 aromatic heterocycles. The van der Waals surface area contributed by atoms with Gasteiger partial charge in [-0.3, -0.25) is 20.4 Å². The van der Waals surface area contributed by atoms with Gasteiger partial charge >= 0.3 is 0 Å². The summed E-state index contributed by atoms with van der Waals surface area (Å²) in [6.07, 6.45) is 3.07. The molecular formula is C23H31N7O2. The van der Waals surface area contributed by atoms with Crippen LogP contribution in [0.15, 0.2) is 30.3 Å². The Labute approximate surface area is 188 Å². The van der Waals surface area contributed by atoms with Gasteiger partial charge in [0.15, 0.2) is 5.69 Å². The van der Waals surface area contributed by atoms with E-state index in [4.69, 9.17) is 0 Å². The maximum absolute atomic E-state index is 13.7. The highest BCUT2D eigenvalue weighted by Gasteiger charge is 2.38. The van der Waals surface area contributed by atoms with E-state index >= 15 is 0 Å². The zero-order valence-corrected chi connectivity index (χ0v) is 18.5. The molecule has 0 bridgehead atoms. The van der Waals surface area contributed by atoms with Crippen molar-refractivity contribution in [1.29, 1.82) is 0 Å². The fourth-order valence-corrected chi connectivity index (χ4v) is 5.31. The van der Waals surface area contributed by atoms with Crippen molar-refractivity contribution in [3.63, 3.8) is 0 Å². The molecule has 2 amide bonds. The molecule has 9 nitrogen and oxygen atoms in total. The van der Waals surface area contributed by atoms with Crippen LogP contribution < -0.4 is 10.9 Å². The van der Waals surface area contributed by atoms with Gasteiger partial charge in [-0.2, -0.15) is 0 Å². The fraction of sp³-hybridized carbons (Fsp3) is 0.565. The van der Waals surface area contributed by atoms with Gasteiger partial charge in [0.2, 0.25) is 5.91 Å². The molecule has 2 N–H and O–H groups in total. The first-order chi connectivity index (χ1) is 15.6. The number of amides is 2. The van der Waals surface area contributed by atoms with E-state index in [1.54, 1.807) is 16.5 Å². The molecule has 1 aliphatic carbocycles. The third-order valence-electron chi connectivity index (χ3n) is 7.17. The number of nitrogens with zero attached hydrogens (tertiary/aromatic N) is 5. The van der Waals surface area contributed by atoms with Gasteiger partial charge in [0, 0.05) is 51.6 Å². The first kappa shape index (κ1) is 21.1. The lowest BCUT2D eigenvalue weighted by atomic mass is 9.77. The summed E-state index contributed by atoms with van der Waals surface area (Å²) in [6, 6.07) is 10.6. The second kappa shape index (κ2) is 8.99. The number of carbonyl (C=O) groups excluding carboxylic acids is 2. The molecule has 3 fully saturated rings. The van der Waals surface area contributed by atoms with Crippen molar-refractivity contribution < 1.29 is 9.59 Å². The third kappa shape index (κ3) is 4.14. The van der Waals surface area contributed by atoms with Crippen molar-refractivity contribution in [2.75, 3.05) is 32.7 Å². The first-order valence-corrected chi connectivity index (χ1v) is 11.6. The summed E-state index contributed by atoms with van der Waals surface area (Å²) in [4.78, 5) is 29.1. The van der Waals surface area contributed by atoms with Crippen LogP contribution in [0.2, 0.25) is 0 Å². The number of aromatic nitrogens is 3. The van der Waals surface area contributed by atoms with Crippen LogP contribution in [-0.2, 0) is 11.3 Å². The number of hydrogen-bond acceptors (Lipinski definition) is 6. The van der Waals surface area contributed by atoms with Gasteiger partial charge in [-0.15, -0.1) is 5.10 Å². The summed E-state index contributed by atoms with van der Waals surface area (Å²) in [6.45, 7) is 5.27. The molecule has 0 radical (unpaired) electrons. The molecule has 0 spiro atoms. The van der Waals surface area contributed by atoms with Crippen LogP contribution in [-0.4, -0.2) is 75.4 Å². The fourth-order valence-electron chi connectivity index (χ4n) is 5.31. The molecule has 3 unspecified atom stereocenters. The lowest BCUT2D eigenvalue weighted by Gasteiger charge is -2.35. The lowest BCUT2D eigenvalue weighted by Crippen LogP contribution is -2.50. The first-order valence-electron chi connectivity index (χ1n) is 11.6. The van der Waals surface area contributed by atoms with E-state index in [9.17, 15) is 9.59 Å². The van der Waals surface area contributed by atoms with E-state index in [0.29, 0.717) is 50.4 Å². The molecule has 1 saturated carbocycles. The zero-order valence-electron chi connectivity index (χ0n) is 18.5. The average Bonchev–Trinajstić information content (AvgIpc) is 3.46. The van der Waals surface area contributed by atoms with Crippen LogP contribution in [0, 0.1) is 5.92 Å². The van der Waals surface area contributed by atoms with E-state index in [2.05, 4.69) is 21.2 Å². The molecule has 3 atom stereocenters. The summed E-state index contributed by atoms with van der Waals surface area (Å²) >= 11 is 0. The maximum atomic E-state index is 13.7. The number of rotatable bonds is 4. The lowest BCUT2D eigenvalue weighted by molar-refractivity contribution is -0.130. The zero-order chi connectivity index (χ0) is 22.1. The number of fused-ring (bicyclic) bond motifs is 1. The van der Waals surface area contributed by atoms with Crippen molar-refractivity contribution in [3.8, 4) is 0 Å². The largest absolute Gasteiger partial charge is 0.339 e. The van der Waals surface area contributed by atoms with Crippen LogP contribution >= 0.6 is 0 Å². The van der Waals surface area contributed by atoms with Gasteiger partial charge in [0.05, 0.1) is 12.2 Å². The highest BCUT2D eigenvalue weighted by Crippen LogP contribution is 2.38. The molecule has 2 saturated heterocycles. The molecule has 32 heavy (non-hydrogen) atoms. The van der Waals surface area contributed by atoms with Crippen molar-refractivity contribution in [3.05, 3.63) is 47.3 Å². The van der Waals surface area contributed by atoms with Gasteiger partial charge in [-0.1, -0.05) is 35.5 Å². The Balaban J connectivity index is 1.42. The Hall–Kier alpha value is -2.78. The number of nitrogens with one attached hydrogen (secondary N) is 2. The second-order valence-electron chi connectivity index (χ2n) is 9.17. The normalized spacial score (nSPS) is 25.6. The number of carbonyl (C=O) groups is 2. The van der Waals surface area contributed by atoms with E-state index in [1.165, 1.54) is 0 Å². The topological polar surface area (TPSA) is 95.4 Å². The van der Waals surface area contributed by atoms with Gasteiger partial charge in [-0.05, 0) is 30.7 Å². The smallest absolute Gasteiger partial charge is 0.274 e. The van der Waals surface area contributed by atoms with Gasteiger partial charge < -0.3 is 9.80 Å². The quantitative estimate of drug-likeness (QED) is 0.741. The summed E-state index contributed by atoms with van der Waals surface area (Å²) in [5, 5.41) is 9.02. The van der Waals surface area contributed by atoms with Gasteiger partial charge in [0.25, 0.3) is 5.91 Å². The number of benzene rings is 1. The van der Waals surface area contributed by atoms with Crippen LogP contribution in [0.4, 0.5) is 0 Å². The van der Waals surface area contributed by atoms with Crippen molar-refractivity contribution in [1.82, 2.24) is 35.6 Å². The molecule has 2 aliphatic heterocycles. The van der Waals surface area contributed by atoms with E-state index in [-0.39, 0.29) is 17.7 Å². The van der Waals surface area contributed by atoms with Crippen molar-refractivity contribution in [2.45, 2.75) is 44.7 Å². The number of hydrazine groups is 1. The van der Waals surface area contributed by atoms with Gasteiger partial charge in [-0.25, -0.2) is 4.68 Å². The number of piperazine rings is 1. The molecule has 9 heteroatoms. The molecular weight excluding hydrogens is 406 g/mol. The second-order valence-corrected chi connectivity index (χ2v) is 9.17. The SMILES string of the molecule is CC(=O)N1CCN(C(=O)c2c(C3CCC4NNCC4C3)nnn2Cc2ccccc2)CC1. The van der Waals surface area contributed by atoms with E-state index < -0.39 is 0 Å². The summed E-state index contributed by atoms with van der Waals surface area (Å²) in [5.41, 5.74) is 9.20. The predicted octanol–water partition coefficient (Wildman–Crippen LogP) is 0.991. The van der Waals surface area contributed by atoms with Crippen LogP contribution in [0.1, 0.15) is 53.8 Å².